The van der Waals surface area contributed by atoms with Crippen LogP contribution in [0.4, 0.5) is 5.69 Å². The van der Waals surface area contributed by atoms with E-state index >= 15 is 0 Å². The highest BCUT2D eigenvalue weighted by atomic mass is 32.2. The number of benzene rings is 2. The minimum Gasteiger partial charge on any atom is -0.491 e. The number of carbonyl (C=O) groups is 3. The first kappa shape index (κ1) is 27.2. The van der Waals surface area contributed by atoms with Crippen molar-refractivity contribution >= 4 is 35.2 Å². The maximum Gasteiger partial charge on any atom is 0.264 e. The molecule has 3 aromatic rings. The fraction of sp³-hybridized carbons (Fsp3) is 0.286. The van der Waals surface area contributed by atoms with E-state index in [4.69, 9.17) is 14.2 Å². The Kier molecular flexibility index (Phi) is 8.98. The summed E-state index contributed by atoms with van der Waals surface area (Å²) >= 11 is 1.48. The van der Waals surface area contributed by atoms with Gasteiger partial charge in [0.05, 0.1) is 48.9 Å². The maximum absolute atomic E-state index is 13.7. The summed E-state index contributed by atoms with van der Waals surface area (Å²) < 4.78 is 16.4. The van der Waals surface area contributed by atoms with Crippen molar-refractivity contribution in [3.63, 3.8) is 0 Å². The molecule has 1 N–H and O–H groups in total. The number of imide groups is 1. The van der Waals surface area contributed by atoms with Crippen LogP contribution in [-0.4, -0.2) is 59.9 Å². The molecular weight excluding hydrogens is 506 g/mol. The normalized spacial score (nSPS) is 13.3. The number of anilines is 1. The average Bonchev–Trinajstić information content (AvgIpc) is 3.18. The van der Waals surface area contributed by atoms with Crippen LogP contribution in [-0.2, 0) is 16.1 Å². The van der Waals surface area contributed by atoms with E-state index in [-0.39, 0.29) is 30.0 Å². The van der Waals surface area contributed by atoms with Gasteiger partial charge in [0, 0.05) is 5.75 Å². The van der Waals surface area contributed by atoms with Crippen molar-refractivity contribution in [3.8, 4) is 11.6 Å². The fourth-order valence-electron chi connectivity index (χ4n) is 4.19. The van der Waals surface area contributed by atoms with Gasteiger partial charge in [0.1, 0.15) is 6.61 Å². The highest BCUT2D eigenvalue weighted by Gasteiger charge is 2.42. The second-order valence-corrected chi connectivity index (χ2v) is 9.29. The number of hydrogen-bond donors (Lipinski definition) is 1. The highest BCUT2D eigenvalue weighted by molar-refractivity contribution is 7.98. The lowest BCUT2D eigenvalue weighted by molar-refractivity contribution is -0.121. The van der Waals surface area contributed by atoms with Crippen molar-refractivity contribution in [3.05, 3.63) is 83.0 Å². The van der Waals surface area contributed by atoms with E-state index in [1.54, 1.807) is 30.3 Å². The molecule has 38 heavy (non-hydrogen) atoms. The van der Waals surface area contributed by atoms with Crippen LogP contribution < -0.4 is 14.8 Å². The number of pyridine rings is 1. The van der Waals surface area contributed by atoms with E-state index in [0.717, 1.165) is 5.56 Å². The molecule has 0 fully saturated rings. The average molecular weight is 536 g/mol. The molecule has 0 radical (unpaired) electrons. The van der Waals surface area contributed by atoms with Crippen LogP contribution in [0.25, 0.3) is 0 Å². The van der Waals surface area contributed by atoms with Gasteiger partial charge in [0.25, 0.3) is 17.7 Å². The molecule has 2 heterocycles. The largest absolute Gasteiger partial charge is 0.491 e. The van der Waals surface area contributed by atoms with Gasteiger partial charge in [0.2, 0.25) is 5.91 Å². The second kappa shape index (κ2) is 12.6. The molecule has 10 heteroatoms. The molecule has 0 spiro atoms. The first-order valence-electron chi connectivity index (χ1n) is 12.1. The van der Waals surface area contributed by atoms with E-state index in [1.807, 2.05) is 43.5 Å². The molecule has 2 aromatic carbocycles. The van der Waals surface area contributed by atoms with E-state index in [2.05, 4.69) is 10.3 Å². The predicted octanol–water partition coefficient (Wildman–Crippen LogP) is 4.34. The Balaban J connectivity index is 1.55. The van der Waals surface area contributed by atoms with Crippen LogP contribution in [0.5, 0.6) is 11.6 Å². The van der Waals surface area contributed by atoms with Crippen LogP contribution >= 0.6 is 11.8 Å². The molecule has 9 nitrogen and oxygen atoms in total. The fourth-order valence-corrected chi connectivity index (χ4v) is 4.82. The molecule has 1 aliphatic rings. The summed E-state index contributed by atoms with van der Waals surface area (Å²) in [6.07, 6.45) is 1.89. The smallest absolute Gasteiger partial charge is 0.264 e. The van der Waals surface area contributed by atoms with Crippen LogP contribution in [0.15, 0.2) is 60.7 Å². The third-order valence-electron chi connectivity index (χ3n) is 5.89. The third-order valence-corrected chi connectivity index (χ3v) is 6.54. The van der Waals surface area contributed by atoms with Gasteiger partial charge < -0.3 is 19.5 Å². The Morgan fingerprint density at radius 2 is 1.84 bits per heavy atom. The number of ether oxygens (including phenoxy) is 3. The number of thioether (sulfide) groups is 1. The Bertz CT molecular complexity index is 1320. The van der Waals surface area contributed by atoms with Gasteiger partial charge in [0.15, 0.2) is 5.75 Å². The van der Waals surface area contributed by atoms with Crippen molar-refractivity contribution in [2.24, 2.45) is 0 Å². The van der Waals surface area contributed by atoms with Crippen LogP contribution in [0.3, 0.4) is 0 Å². The lowest BCUT2D eigenvalue weighted by atomic mass is 10.1. The number of rotatable bonds is 12. The third kappa shape index (κ3) is 5.81. The van der Waals surface area contributed by atoms with Gasteiger partial charge in [-0.05, 0) is 43.0 Å². The molecule has 1 unspecified atom stereocenters. The minimum absolute atomic E-state index is 0.151. The van der Waals surface area contributed by atoms with Gasteiger partial charge in [-0.2, -0.15) is 11.8 Å². The van der Waals surface area contributed by atoms with Gasteiger partial charge in [-0.1, -0.05) is 36.4 Å². The van der Waals surface area contributed by atoms with E-state index in [9.17, 15) is 14.4 Å². The number of nitrogens with one attached hydrogen (secondary N) is 1. The lowest BCUT2D eigenvalue weighted by Gasteiger charge is -2.26. The number of fused-ring (bicyclic) bond motifs is 1. The van der Waals surface area contributed by atoms with Crippen LogP contribution in [0, 0.1) is 0 Å². The summed E-state index contributed by atoms with van der Waals surface area (Å²) in [7, 11) is 1.52. The number of aromatic nitrogens is 1. The zero-order valence-corrected chi connectivity index (χ0v) is 22.2. The van der Waals surface area contributed by atoms with Crippen LogP contribution in [0.2, 0.25) is 0 Å². The Morgan fingerprint density at radius 3 is 2.55 bits per heavy atom. The first-order chi connectivity index (χ1) is 18.5. The summed E-state index contributed by atoms with van der Waals surface area (Å²) in [5, 5.41) is 2.73. The van der Waals surface area contributed by atoms with Crippen molar-refractivity contribution < 1.29 is 28.6 Å². The summed E-state index contributed by atoms with van der Waals surface area (Å²) in [5.74, 6) is -0.201. The summed E-state index contributed by atoms with van der Waals surface area (Å²) in [4.78, 5) is 45.5. The molecule has 0 saturated carbocycles. The highest BCUT2D eigenvalue weighted by Crippen LogP contribution is 2.37. The number of amides is 3. The van der Waals surface area contributed by atoms with Crippen molar-refractivity contribution in [2.45, 2.75) is 19.6 Å². The molecule has 198 valence electrons. The summed E-state index contributed by atoms with van der Waals surface area (Å²) in [5.41, 5.74) is 2.08. The van der Waals surface area contributed by atoms with E-state index in [1.165, 1.54) is 23.8 Å². The Hall–Kier alpha value is -3.89. The van der Waals surface area contributed by atoms with Gasteiger partial charge in [-0.25, -0.2) is 4.98 Å². The topological polar surface area (TPSA) is 107 Å². The van der Waals surface area contributed by atoms with Gasteiger partial charge in [-0.15, -0.1) is 0 Å². The zero-order valence-electron chi connectivity index (χ0n) is 21.4. The zero-order chi connectivity index (χ0) is 27.1. The second-order valence-electron chi connectivity index (χ2n) is 8.38. The first-order valence-corrected chi connectivity index (χ1v) is 13.5. The molecule has 0 saturated heterocycles. The minimum atomic E-state index is -0.653. The molecule has 1 atom stereocenters. The van der Waals surface area contributed by atoms with Crippen molar-refractivity contribution in [1.29, 1.82) is 0 Å². The van der Waals surface area contributed by atoms with Gasteiger partial charge in [-0.3, -0.25) is 19.3 Å². The van der Waals surface area contributed by atoms with E-state index < -0.39 is 23.8 Å². The molecule has 0 aliphatic carbocycles. The maximum atomic E-state index is 13.7. The number of hydrogen-bond acceptors (Lipinski definition) is 8. The van der Waals surface area contributed by atoms with E-state index in [0.29, 0.717) is 29.7 Å². The number of nitrogens with zero attached hydrogens (tertiary/aromatic N) is 2. The van der Waals surface area contributed by atoms with Crippen molar-refractivity contribution in [1.82, 2.24) is 9.88 Å². The van der Waals surface area contributed by atoms with Crippen LogP contribution in [0.1, 0.15) is 44.9 Å². The Labute approximate surface area is 225 Å². The summed E-state index contributed by atoms with van der Waals surface area (Å²) in [6, 6.07) is 17.1. The lowest BCUT2D eigenvalue weighted by Crippen LogP contribution is -2.36. The molecular formula is C28H29N3O6S. The monoisotopic (exact) mass is 535 g/mol. The SMILES string of the molecule is CCOc1nc(C(CSC)N2C(=O)c3cccc(NC(=O)COCc4ccccc4)c3C2=O)ccc1OC. The quantitative estimate of drug-likeness (QED) is 0.341. The molecule has 1 aromatic heterocycles. The number of methoxy groups -OCH3 is 1. The molecule has 4 rings (SSSR count). The van der Waals surface area contributed by atoms with Crippen molar-refractivity contribution in [2.75, 3.05) is 37.6 Å². The molecule has 1 aliphatic heterocycles. The molecule has 0 bridgehead atoms. The van der Waals surface area contributed by atoms with Gasteiger partial charge >= 0.3 is 0 Å². The predicted molar refractivity (Wildman–Crippen MR) is 145 cm³/mol. The Morgan fingerprint density at radius 1 is 1.05 bits per heavy atom. The standard InChI is InChI=1S/C28H29N3O6S/c1-4-37-26-23(35-2)14-13-20(30-26)22(17-38-3)31-27(33)19-11-8-12-21(25(19)28(31)34)29-24(32)16-36-15-18-9-6-5-7-10-18/h5-14,22H,4,15-17H2,1-3H3,(H,29,32). The number of carbonyl (C=O) groups excluding carboxylic acids is 3. The molecule has 3 amide bonds. The summed E-state index contributed by atoms with van der Waals surface area (Å²) in [6.45, 7) is 2.29.